The third-order valence-corrected chi connectivity index (χ3v) is 3.97. The maximum Gasteiger partial charge on any atom is 0.345 e. The van der Waals surface area contributed by atoms with Crippen LogP contribution in [0.4, 0.5) is 0 Å². The van der Waals surface area contributed by atoms with E-state index in [1.807, 2.05) is 0 Å². The Morgan fingerprint density at radius 2 is 2.00 bits per heavy atom. The first-order valence-corrected chi connectivity index (χ1v) is 8.52. The van der Waals surface area contributed by atoms with Crippen molar-refractivity contribution in [1.82, 2.24) is 10.5 Å². The molecule has 9 heteroatoms. The number of amides is 1. The summed E-state index contributed by atoms with van der Waals surface area (Å²) in [6.45, 7) is 4.53. The zero-order valence-corrected chi connectivity index (χ0v) is 15.9. The van der Waals surface area contributed by atoms with Crippen molar-refractivity contribution in [3.05, 3.63) is 45.6 Å². The third-order valence-electron chi connectivity index (χ3n) is 3.41. The minimum absolute atomic E-state index is 0.169. The van der Waals surface area contributed by atoms with Crippen LogP contribution < -0.4 is 10.1 Å². The van der Waals surface area contributed by atoms with Crippen molar-refractivity contribution in [3.8, 4) is 5.88 Å². The molecular weight excluding hydrogens is 383 g/mol. The Kier molecular flexibility index (Phi) is 6.88. The van der Waals surface area contributed by atoms with Gasteiger partial charge in [0.1, 0.15) is 5.76 Å². The first kappa shape index (κ1) is 20.1. The number of rotatable bonds is 7. The second kappa shape index (κ2) is 8.91. The van der Waals surface area contributed by atoms with Gasteiger partial charge in [-0.3, -0.25) is 4.79 Å². The first-order valence-electron chi connectivity index (χ1n) is 7.77. The van der Waals surface area contributed by atoms with Gasteiger partial charge in [-0.1, -0.05) is 29.3 Å². The van der Waals surface area contributed by atoms with E-state index in [1.54, 1.807) is 32.0 Å². The van der Waals surface area contributed by atoms with E-state index in [2.05, 4.69) is 10.5 Å². The monoisotopic (exact) mass is 400 g/mol. The maximum atomic E-state index is 12.2. The number of aryl methyl sites for hydroxylation is 1. The normalized spacial score (nSPS) is 13.0. The predicted molar refractivity (Wildman–Crippen MR) is 95.3 cm³/mol. The van der Waals surface area contributed by atoms with Crippen molar-refractivity contribution in [3.63, 3.8) is 0 Å². The standard InChI is InChI=1S/C17H18Cl2N2O5/c1-9-6-15(21-26-9)24-8-16(22)25-11(3)17(23)20-10(2)13-5-4-12(18)7-14(13)19/h4-7,10-11H,8H2,1-3H3,(H,20,23)/t10-,11+/m0/s1. The Labute approximate surface area is 160 Å². The topological polar surface area (TPSA) is 90.7 Å². The van der Waals surface area contributed by atoms with Crippen molar-refractivity contribution in [2.75, 3.05) is 6.61 Å². The van der Waals surface area contributed by atoms with Gasteiger partial charge in [-0.2, -0.15) is 0 Å². The second-order valence-electron chi connectivity index (χ2n) is 5.59. The number of ether oxygens (including phenoxy) is 2. The van der Waals surface area contributed by atoms with Crippen molar-refractivity contribution in [1.29, 1.82) is 0 Å². The van der Waals surface area contributed by atoms with Gasteiger partial charge in [-0.15, -0.1) is 0 Å². The van der Waals surface area contributed by atoms with Gasteiger partial charge in [0.25, 0.3) is 11.8 Å². The predicted octanol–water partition coefficient (Wildman–Crippen LogP) is 3.48. The molecule has 0 aliphatic rings. The Morgan fingerprint density at radius 1 is 1.27 bits per heavy atom. The molecule has 2 rings (SSSR count). The summed E-state index contributed by atoms with van der Waals surface area (Å²) in [5.74, 6) is -0.446. The average molecular weight is 401 g/mol. The number of aromatic nitrogens is 1. The molecule has 0 unspecified atom stereocenters. The lowest BCUT2D eigenvalue weighted by atomic mass is 10.1. The number of nitrogens with zero attached hydrogens (tertiary/aromatic N) is 1. The quantitative estimate of drug-likeness (QED) is 0.715. The molecule has 2 atom stereocenters. The molecule has 140 valence electrons. The highest BCUT2D eigenvalue weighted by Gasteiger charge is 2.21. The van der Waals surface area contributed by atoms with Gasteiger partial charge in [-0.05, 0) is 43.6 Å². The van der Waals surface area contributed by atoms with E-state index >= 15 is 0 Å². The zero-order valence-electron chi connectivity index (χ0n) is 14.4. The molecule has 0 spiro atoms. The molecule has 0 saturated heterocycles. The highest BCUT2D eigenvalue weighted by molar-refractivity contribution is 6.35. The molecule has 1 heterocycles. The van der Waals surface area contributed by atoms with Crippen LogP contribution in [0.3, 0.4) is 0 Å². The molecule has 1 aromatic heterocycles. The summed E-state index contributed by atoms with van der Waals surface area (Å²) >= 11 is 12.0. The van der Waals surface area contributed by atoms with E-state index in [0.29, 0.717) is 21.4 Å². The number of esters is 1. The minimum Gasteiger partial charge on any atom is -0.463 e. The lowest BCUT2D eigenvalue weighted by molar-refractivity contribution is -0.156. The second-order valence-corrected chi connectivity index (χ2v) is 6.44. The Bertz CT molecular complexity index is 793. The smallest absolute Gasteiger partial charge is 0.345 e. The Balaban J connectivity index is 1.83. The highest BCUT2D eigenvalue weighted by Crippen LogP contribution is 2.26. The molecule has 2 aromatic rings. The SMILES string of the molecule is Cc1cc(OCC(=O)O[C@H](C)C(=O)N[C@@H](C)c2ccc(Cl)cc2Cl)no1. The maximum absolute atomic E-state index is 12.2. The molecule has 1 aromatic carbocycles. The molecule has 7 nitrogen and oxygen atoms in total. The van der Waals surface area contributed by atoms with Crippen LogP contribution >= 0.6 is 23.2 Å². The fourth-order valence-electron chi connectivity index (χ4n) is 2.09. The number of carbonyl (C=O) groups excluding carboxylic acids is 2. The number of benzene rings is 1. The van der Waals surface area contributed by atoms with Crippen molar-refractivity contribution in [2.24, 2.45) is 0 Å². The summed E-state index contributed by atoms with van der Waals surface area (Å²) in [6, 6.07) is 6.13. The van der Waals surface area contributed by atoms with Gasteiger partial charge in [0.05, 0.1) is 6.04 Å². The lowest BCUT2D eigenvalue weighted by Crippen LogP contribution is -2.38. The third kappa shape index (κ3) is 5.64. The largest absolute Gasteiger partial charge is 0.463 e. The molecule has 0 bridgehead atoms. The summed E-state index contributed by atoms with van der Waals surface area (Å²) in [4.78, 5) is 24.0. The average Bonchev–Trinajstić information content (AvgIpc) is 2.98. The Morgan fingerprint density at radius 3 is 2.62 bits per heavy atom. The number of halogens is 2. The van der Waals surface area contributed by atoms with Crippen LogP contribution in [0, 0.1) is 6.92 Å². The van der Waals surface area contributed by atoms with Crippen LogP contribution in [0.15, 0.2) is 28.8 Å². The van der Waals surface area contributed by atoms with Crippen LogP contribution in [0.5, 0.6) is 5.88 Å². The van der Waals surface area contributed by atoms with Crippen LogP contribution in [-0.2, 0) is 14.3 Å². The van der Waals surface area contributed by atoms with Gasteiger partial charge in [0, 0.05) is 16.1 Å². The molecule has 0 aliphatic carbocycles. The zero-order chi connectivity index (χ0) is 19.3. The van der Waals surface area contributed by atoms with Crippen LogP contribution in [0.2, 0.25) is 10.0 Å². The number of nitrogens with one attached hydrogen (secondary N) is 1. The number of hydrogen-bond acceptors (Lipinski definition) is 6. The van der Waals surface area contributed by atoms with E-state index in [1.165, 1.54) is 13.0 Å². The van der Waals surface area contributed by atoms with Gasteiger partial charge in [0.2, 0.25) is 0 Å². The van der Waals surface area contributed by atoms with Crippen molar-refractivity contribution >= 4 is 35.1 Å². The van der Waals surface area contributed by atoms with Crippen molar-refractivity contribution < 1.29 is 23.6 Å². The minimum atomic E-state index is -1.00. The van der Waals surface area contributed by atoms with Crippen LogP contribution in [0.1, 0.15) is 31.2 Å². The summed E-state index contributed by atoms with van der Waals surface area (Å²) < 4.78 is 15.0. The van der Waals surface area contributed by atoms with Crippen LogP contribution in [-0.4, -0.2) is 29.7 Å². The number of hydrogen-bond donors (Lipinski definition) is 1. The molecular formula is C17H18Cl2N2O5. The van der Waals surface area contributed by atoms with Gasteiger partial charge in [0.15, 0.2) is 12.7 Å². The van der Waals surface area contributed by atoms with Gasteiger partial charge in [-0.25, -0.2) is 4.79 Å². The van der Waals surface area contributed by atoms with Crippen molar-refractivity contribution in [2.45, 2.75) is 32.9 Å². The molecule has 0 saturated carbocycles. The molecule has 1 amide bonds. The highest BCUT2D eigenvalue weighted by atomic mass is 35.5. The van der Waals surface area contributed by atoms with E-state index in [-0.39, 0.29) is 18.5 Å². The van der Waals surface area contributed by atoms with E-state index < -0.39 is 18.0 Å². The van der Waals surface area contributed by atoms with Crippen LogP contribution in [0.25, 0.3) is 0 Å². The van der Waals surface area contributed by atoms with Gasteiger partial charge >= 0.3 is 5.97 Å². The molecule has 0 radical (unpaired) electrons. The molecule has 0 fully saturated rings. The first-order chi connectivity index (χ1) is 12.3. The van der Waals surface area contributed by atoms with Gasteiger partial charge < -0.3 is 19.3 Å². The fraction of sp³-hybridized carbons (Fsp3) is 0.353. The summed E-state index contributed by atoms with van der Waals surface area (Å²) in [5.41, 5.74) is 0.702. The van der Waals surface area contributed by atoms with E-state index in [4.69, 9.17) is 37.2 Å². The fourth-order valence-corrected chi connectivity index (χ4v) is 2.66. The molecule has 1 N–H and O–H groups in total. The van der Waals surface area contributed by atoms with E-state index in [9.17, 15) is 9.59 Å². The molecule has 26 heavy (non-hydrogen) atoms. The lowest BCUT2D eigenvalue weighted by Gasteiger charge is -2.19. The van der Waals surface area contributed by atoms with E-state index in [0.717, 1.165) is 0 Å². The Hall–Kier alpha value is -2.25. The summed E-state index contributed by atoms with van der Waals surface area (Å²) in [6.07, 6.45) is -1.00. The molecule has 0 aliphatic heterocycles. The summed E-state index contributed by atoms with van der Waals surface area (Å²) in [7, 11) is 0. The summed E-state index contributed by atoms with van der Waals surface area (Å²) in [5, 5.41) is 7.25. The number of carbonyl (C=O) groups is 2.